The third kappa shape index (κ3) is 3.25. The Labute approximate surface area is 126 Å². The number of nitrogens with zero attached hydrogens (tertiary/aromatic N) is 1. The fourth-order valence-electron chi connectivity index (χ4n) is 3.69. The van der Waals surface area contributed by atoms with Crippen molar-refractivity contribution in [1.82, 2.24) is 10.4 Å². The summed E-state index contributed by atoms with van der Waals surface area (Å²) in [5.41, 5.74) is 4.34. The second-order valence-corrected chi connectivity index (χ2v) is 6.20. The molecule has 1 atom stereocenters. The molecule has 0 radical (unpaired) electrons. The topological polar surface area (TPSA) is 50.9 Å². The van der Waals surface area contributed by atoms with E-state index in [1.807, 2.05) is 12.4 Å². The largest absolute Gasteiger partial charge is 0.271 e. The van der Waals surface area contributed by atoms with Crippen LogP contribution in [0.5, 0.6) is 0 Å². The maximum Gasteiger partial charge on any atom is 0.0509 e. The molecule has 0 saturated heterocycles. The molecular weight excluding hydrogens is 258 g/mol. The molecule has 1 aromatic heterocycles. The number of nitrogens with two attached hydrogens (primary N) is 1. The molecule has 1 aliphatic rings. The summed E-state index contributed by atoms with van der Waals surface area (Å²) in [6.07, 6.45) is 13.2. The van der Waals surface area contributed by atoms with Crippen LogP contribution >= 0.6 is 0 Å². The van der Waals surface area contributed by atoms with E-state index in [0.29, 0.717) is 5.92 Å². The molecule has 1 aromatic carbocycles. The van der Waals surface area contributed by atoms with Crippen LogP contribution in [0.3, 0.4) is 0 Å². The van der Waals surface area contributed by atoms with Crippen LogP contribution in [-0.4, -0.2) is 4.98 Å². The van der Waals surface area contributed by atoms with Crippen molar-refractivity contribution in [2.75, 3.05) is 0 Å². The van der Waals surface area contributed by atoms with E-state index in [1.54, 1.807) is 0 Å². The third-order valence-corrected chi connectivity index (χ3v) is 4.83. The lowest BCUT2D eigenvalue weighted by atomic mass is 9.82. The van der Waals surface area contributed by atoms with Crippen LogP contribution in [0.25, 0.3) is 10.8 Å². The Kier molecular flexibility index (Phi) is 4.84. The van der Waals surface area contributed by atoms with Gasteiger partial charge in [0, 0.05) is 17.8 Å². The number of hydrogen-bond acceptors (Lipinski definition) is 3. The van der Waals surface area contributed by atoms with Crippen molar-refractivity contribution in [3.8, 4) is 0 Å². The van der Waals surface area contributed by atoms with E-state index in [2.05, 4.69) is 34.7 Å². The van der Waals surface area contributed by atoms with E-state index >= 15 is 0 Å². The normalized spacial score (nSPS) is 19.1. The van der Waals surface area contributed by atoms with Crippen molar-refractivity contribution in [1.29, 1.82) is 0 Å². The minimum Gasteiger partial charge on any atom is -0.271 e. The summed E-state index contributed by atoms with van der Waals surface area (Å²) >= 11 is 0. The Morgan fingerprint density at radius 3 is 2.48 bits per heavy atom. The summed E-state index contributed by atoms with van der Waals surface area (Å²) in [4.78, 5) is 4.42. The Morgan fingerprint density at radius 1 is 1.00 bits per heavy atom. The van der Waals surface area contributed by atoms with E-state index in [9.17, 15) is 0 Å². The van der Waals surface area contributed by atoms with Crippen molar-refractivity contribution >= 4 is 10.8 Å². The van der Waals surface area contributed by atoms with Gasteiger partial charge in [-0.1, -0.05) is 56.4 Å². The molecule has 0 bridgehead atoms. The van der Waals surface area contributed by atoms with Gasteiger partial charge < -0.3 is 0 Å². The molecule has 3 N–H and O–H groups in total. The predicted octanol–water partition coefficient (Wildman–Crippen LogP) is 4.10. The van der Waals surface area contributed by atoms with Crippen molar-refractivity contribution in [2.24, 2.45) is 11.8 Å². The van der Waals surface area contributed by atoms with Gasteiger partial charge in [-0.15, -0.1) is 0 Å². The molecule has 21 heavy (non-hydrogen) atoms. The number of benzene rings is 1. The molecule has 0 spiro atoms. The molecule has 3 rings (SSSR count). The quantitative estimate of drug-likeness (QED) is 0.658. The lowest BCUT2D eigenvalue weighted by Gasteiger charge is -2.29. The van der Waals surface area contributed by atoms with E-state index < -0.39 is 0 Å². The molecule has 1 fully saturated rings. The molecule has 1 unspecified atom stereocenters. The molecule has 0 aliphatic heterocycles. The van der Waals surface area contributed by atoms with E-state index in [4.69, 9.17) is 5.84 Å². The van der Waals surface area contributed by atoms with E-state index in [1.165, 1.54) is 61.3 Å². The van der Waals surface area contributed by atoms with Crippen LogP contribution < -0.4 is 11.3 Å². The SMILES string of the molecule is NNC(c1cncc2ccccc12)C1CCCCCCC1. The first-order valence-corrected chi connectivity index (χ1v) is 8.19. The van der Waals surface area contributed by atoms with Crippen LogP contribution in [0, 0.1) is 5.92 Å². The van der Waals surface area contributed by atoms with Gasteiger partial charge in [0.25, 0.3) is 0 Å². The number of hydrogen-bond donors (Lipinski definition) is 2. The zero-order valence-corrected chi connectivity index (χ0v) is 12.6. The number of fused-ring (bicyclic) bond motifs is 1. The van der Waals surface area contributed by atoms with Crippen LogP contribution in [0.4, 0.5) is 0 Å². The van der Waals surface area contributed by atoms with Gasteiger partial charge in [0.1, 0.15) is 0 Å². The lowest BCUT2D eigenvalue weighted by molar-refractivity contribution is 0.291. The Morgan fingerprint density at radius 2 is 1.71 bits per heavy atom. The summed E-state index contributed by atoms with van der Waals surface area (Å²) in [5, 5.41) is 2.47. The molecule has 1 heterocycles. The zero-order chi connectivity index (χ0) is 14.5. The number of pyridine rings is 1. The number of hydrazine groups is 1. The van der Waals surface area contributed by atoms with Gasteiger partial charge in [-0.25, -0.2) is 0 Å². The van der Waals surface area contributed by atoms with Gasteiger partial charge in [-0.05, 0) is 29.7 Å². The first-order valence-electron chi connectivity index (χ1n) is 8.19. The first kappa shape index (κ1) is 14.5. The summed E-state index contributed by atoms with van der Waals surface area (Å²) in [6.45, 7) is 0. The fourth-order valence-corrected chi connectivity index (χ4v) is 3.69. The molecule has 1 aliphatic carbocycles. The van der Waals surface area contributed by atoms with Gasteiger partial charge in [-0.3, -0.25) is 16.3 Å². The van der Waals surface area contributed by atoms with Crippen molar-refractivity contribution in [3.05, 3.63) is 42.2 Å². The minimum absolute atomic E-state index is 0.210. The Hall–Kier alpha value is -1.45. The van der Waals surface area contributed by atoms with Crippen LogP contribution in [-0.2, 0) is 0 Å². The molecular formula is C18H25N3. The maximum atomic E-state index is 5.94. The number of nitrogens with one attached hydrogen (secondary N) is 1. The van der Waals surface area contributed by atoms with E-state index in [0.717, 1.165) is 0 Å². The average Bonchev–Trinajstić information content (AvgIpc) is 2.50. The van der Waals surface area contributed by atoms with Gasteiger partial charge in [0.15, 0.2) is 0 Å². The highest BCUT2D eigenvalue weighted by atomic mass is 15.2. The minimum atomic E-state index is 0.210. The highest BCUT2D eigenvalue weighted by Crippen LogP contribution is 2.35. The fraction of sp³-hybridized carbons (Fsp3) is 0.500. The van der Waals surface area contributed by atoms with E-state index in [-0.39, 0.29) is 6.04 Å². The van der Waals surface area contributed by atoms with Crippen molar-refractivity contribution in [2.45, 2.75) is 51.0 Å². The van der Waals surface area contributed by atoms with Crippen LogP contribution in [0.15, 0.2) is 36.7 Å². The smallest absolute Gasteiger partial charge is 0.0509 e. The lowest BCUT2D eigenvalue weighted by Crippen LogP contribution is -2.34. The molecule has 2 aromatic rings. The summed E-state index contributed by atoms with van der Waals surface area (Å²) in [7, 11) is 0. The second kappa shape index (κ2) is 7.01. The number of rotatable bonds is 3. The molecule has 0 amide bonds. The monoisotopic (exact) mass is 283 g/mol. The second-order valence-electron chi connectivity index (χ2n) is 6.20. The highest BCUT2D eigenvalue weighted by molar-refractivity contribution is 5.85. The van der Waals surface area contributed by atoms with Gasteiger partial charge in [0.2, 0.25) is 0 Å². The van der Waals surface area contributed by atoms with Gasteiger partial charge in [0.05, 0.1) is 6.04 Å². The standard InChI is InChI=1S/C18H25N3/c19-21-18(14-8-4-2-1-3-5-9-14)17-13-20-12-15-10-6-7-11-16(15)17/h6-7,10-14,18,21H,1-5,8-9,19H2. The average molecular weight is 283 g/mol. The predicted molar refractivity (Wildman–Crippen MR) is 87.6 cm³/mol. The van der Waals surface area contributed by atoms with Crippen LogP contribution in [0.1, 0.15) is 56.6 Å². The summed E-state index contributed by atoms with van der Waals surface area (Å²) < 4.78 is 0. The molecule has 3 nitrogen and oxygen atoms in total. The molecule has 112 valence electrons. The number of aromatic nitrogens is 1. The Bertz CT molecular complexity index is 568. The molecule has 3 heteroatoms. The third-order valence-electron chi connectivity index (χ3n) is 4.83. The first-order chi connectivity index (χ1) is 10.4. The summed E-state index contributed by atoms with van der Waals surface area (Å²) in [5.74, 6) is 6.55. The maximum absolute atomic E-state index is 5.94. The Balaban J connectivity index is 1.93. The van der Waals surface area contributed by atoms with Crippen LogP contribution in [0.2, 0.25) is 0 Å². The summed E-state index contributed by atoms with van der Waals surface area (Å²) in [6, 6.07) is 8.67. The van der Waals surface area contributed by atoms with Gasteiger partial charge >= 0.3 is 0 Å². The van der Waals surface area contributed by atoms with Crippen molar-refractivity contribution < 1.29 is 0 Å². The van der Waals surface area contributed by atoms with Crippen molar-refractivity contribution in [3.63, 3.8) is 0 Å². The zero-order valence-electron chi connectivity index (χ0n) is 12.6. The molecule has 1 saturated carbocycles. The van der Waals surface area contributed by atoms with Gasteiger partial charge in [-0.2, -0.15) is 0 Å². The highest BCUT2D eigenvalue weighted by Gasteiger charge is 2.24.